The van der Waals surface area contributed by atoms with Gasteiger partial charge in [-0.1, -0.05) is 49.6 Å². The summed E-state index contributed by atoms with van der Waals surface area (Å²) >= 11 is 0. The molecule has 0 heterocycles. The van der Waals surface area contributed by atoms with Crippen LogP contribution in [0.25, 0.3) is 0 Å². The highest BCUT2D eigenvalue weighted by Gasteiger charge is 2.11. The Bertz CT molecular complexity index is 470. The van der Waals surface area contributed by atoms with Crippen molar-refractivity contribution < 1.29 is 8.42 Å². The second-order valence-corrected chi connectivity index (χ2v) is 6.60. The summed E-state index contributed by atoms with van der Waals surface area (Å²) < 4.78 is 24.0. The van der Waals surface area contributed by atoms with Gasteiger partial charge in [-0.2, -0.15) is 0 Å². The molecule has 0 aromatic heterocycles. The van der Waals surface area contributed by atoms with Crippen LogP contribution in [0, 0.1) is 6.92 Å². The first kappa shape index (κ1) is 15.0. The maximum atomic E-state index is 12.0. The van der Waals surface area contributed by atoms with Crippen molar-refractivity contribution in [2.75, 3.05) is 5.75 Å². The van der Waals surface area contributed by atoms with E-state index in [4.69, 9.17) is 0 Å². The molecule has 2 nitrogen and oxygen atoms in total. The minimum atomic E-state index is -3.16. The van der Waals surface area contributed by atoms with Crippen LogP contribution in [0.1, 0.15) is 38.2 Å². The van der Waals surface area contributed by atoms with Gasteiger partial charge < -0.3 is 0 Å². The van der Waals surface area contributed by atoms with E-state index in [0.717, 1.165) is 18.4 Å². The third kappa shape index (κ3) is 5.05. The number of sulfone groups is 1. The molecule has 0 saturated heterocycles. The Morgan fingerprint density at radius 2 is 1.72 bits per heavy atom. The van der Waals surface area contributed by atoms with Crippen LogP contribution in [-0.2, 0) is 9.84 Å². The van der Waals surface area contributed by atoms with Crippen LogP contribution in [0.5, 0.6) is 0 Å². The van der Waals surface area contributed by atoms with Gasteiger partial charge in [0.15, 0.2) is 9.84 Å². The highest BCUT2D eigenvalue weighted by atomic mass is 32.2. The molecular formula is C15H22O2S. The number of rotatable bonds is 7. The minimum Gasteiger partial charge on any atom is -0.223 e. The molecule has 1 rings (SSSR count). The molecule has 0 saturated carbocycles. The molecule has 0 aliphatic carbocycles. The highest BCUT2D eigenvalue weighted by Crippen LogP contribution is 2.12. The first-order valence-corrected chi connectivity index (χ1v) is 8.16. The van der Waals surface area contributed by atoms with Crippen LogP contribution in [0.3, 0.4) is 0 Å². The van der Waals surface area contributed by atoms with Crippen LogP contribution in [0.4, 0.5) is 0 Å². The Morgan fingerprint density at radius 3 is 2.33 bits per heavy atom. The topological polar surface area (TPSA) is 34.1 Å². The molecule has 0 fully saturated rings. The van der Waals surface area contributed by atoms with Gasteiger partial charge in [-0.3, -0.25) is 0 Å². The summed E-state index contributed by atoms with van der Waals surface area (Å²) in [6.07, 6.45) is 8.24. The van der Waals surface area contributed by atoms with Crippen molar-refractivity contribution in [3.8, 4) is 0 Å². The molecule has 3 heteroatoms. The molecule has 1 aromatic carbocycles. The van der Waals surface area contributed by atoms with Gasteiger partial charge in [-0.25, -0.2) is 8.42 Å². The van der Waals surface area contributed by atoms with Crippen molar-refractivity contribution in [1.29, 1.82) is 0 Å². The lowest BCUT2D eigenvalue weighted by molar-refractivity contribution is 0.599. The Balaban J connectivity index is 2.52. The van der Waals surface area contributed by atoms with Crippen LogP contribution in [0.2, 0.25) is 0 Å². The third-order valence-corrected chi connectivity index (χ3v) is 4.46. The summed E-state index contributed by atoms with van der Waals surface area (Å²) in [5, 5.41) is 0. The fourth-order valence-corrected chi connectivity index (χ4v) is 2.80. The Labute approximate surface area is 111 Å². The quantitative estimate of drug-likeness (QED) is 0.554. The SMILES string of the molecule is CCCCCC=CCS(=O)(=O)c1ccc(C)cc1. The molecule has 0 amide bonds. The summed E-state index contributed by atoms with van der Waals surface area (Å²) in [6.45, 7) is 4.11. The summed E-state index contributed by atoms with van der Waals surface area (Å²) in [5.41, 5.74) is 1.07. The average Bonchev–Trinajstić information content (AvgIpc) is 2.34. The van der Waals surface area contributed by atoms with E-state index < -0.39 is 9.84 Å². The fourth-order valence-electron chi connectivity index (χ4n) is 1.67. The summed E-state index contributed by atoms with van der Waals surface area (Å²) in [4.78, 5) is 0.409. The van der Waals surface area contributed by atoms with Gasteiger partial charge in [-0.05, 0) is 31.9 Å². The van der Waals surface area contributed by atoms with E-state index in [1.54, 1.807) is 18.2 Å². The van der Waals surface area contributed by atoms with Crippen LogP contribution >= 0.6 is 0 Å². The fraction of sp³-hybridized carbons (Fsp3) is 0.467. The van der Waals surface area contributed by atoms with Crippen molar-refractivity contribution in [2.45, 2.75) is 44.4 Å². The Hall–Kier alpha value is -1.09. The summed E-state index contributed by atoms with van der Waals surface area (Å²) in [7, 11) is -3.16. The normalized spacial score (nSPS) is 12.1. The molecule has 0 radical (unpaired) electrons. The van der Waals surface area contributed by atoms with E-state index in [-0.39, 0.29) is 5.75 Å². The number of unbranched alkanes of at least 4 members (excludes halogenated alkanes) is 3. The molecule has 18 heavy (non-hydrogen) atoms. The largest absolute Gasteiger partial charge is 0.223 e. The number of hydrogen-bond donors (Lipinski definition) is 0. The summed E-state index contributed by atoms with van der Waals surface area (Å²) in [6, 6.07) is 7.01. The maximum absolute atomic E-state index is 12.0. The summed E-state index contributed by atoms with van der Waals surface area (Å²) in [5.74, 6) is 0.0994. The van der Waals surface area contributed by atoms with E-state index in [2.05, 4.69) is 6.92 Å². The smallest absolute Gasteiger partial charge is 0.181 e. The van der Waals surface area contributed by atoms with Crippen molar-refractivity contribution in [2.24, 2.45) is 0 Å². The van der Waals surface area contributed by atoms with Gasteiger partial charge in [0.25, 0.3) is 0 Å². The van der Waals surface area contributed by atoms with Gasteiger partial charge >= 0.3 is 0 Å². The van der Waals surface area contributed by atoms with Crippen molar-refractivity contribution in [3.63, 3.8) is 0 Å². The molecule has 0 spiro atoms. The first-order chi connectivity index (χ1) is 8.56. The number of hydrogen-bond acceptors (Lipinski definition) is 2. The zero-order valence-electron chi connectivity index (χ0n) is 11.2. The first-order valence-electron chi connectivity index (χ1n) is 6.50. The lowest BCUT2D eigenvalue weighted by atomic mass is 10.2. The van der Waals surface area contributed by atoms with Gasteiger partial charge in [0.1, 0.15) is 0 Å². The number of allylic oxidation sites excluding steroid dienone is 1. The lowest BCUT2D eigenvalue weighted by Gasteiger charge is -2.01. The van der Waals surface area contributed by atoms with E-state index in [0.29, 0.717) is 4.90 Å². The predicted molar refractivity (Wildman–Crippen MR) is 76.5 cm³/mol. The van der Waals surface area contributed by atoms with Gasteiger partial charge in [0.05, 0.1) is 10.6 Å². The monoisotopic (exact) mass is 266 g/mol. The van der Waals surface area contributed by atoms with Gasteiger partial charge in [-0.15, -0.1) is 0 Å². The molecule has 0 atom stereocenters. The molecule has 0 bridgehead atoms. The maximum Gasteiger partial charge on any atom is 0.181 e. The predicted octanol–water partition coefficient (Wildman–Crippen LogP) is 3.91. The molecule has 0 aliphatic heterocycles. The number of aryl methyl sites for hydroxylation is 1. The van der Waals surface area contributed by atoms with Crippen LogP contribution in [0.15, 0.2) is 41.3 Å². The second kappa shape index (κ2) is 7.37. The molecule has 0 N–H and O–H groups in total. The highest BCUT2D eigenvalue weighted by molar-refractivity contribution is 7.91. The van der Waals surface area contributed by atoms with Crippen molar-refractivity contribution in [3.05, 3.63) is 42.0 Å². The van der Waals surface area contributed by atoms with Gasteiger partial charge in [0.2, 0.25) is 0 Å². The standard InChI is InChI=1S/C15H22O2S/c1-3-4-5-6-7-8-13-18(16,17)15-11-9-14(2)10-12-15/h7-12H,3-6,13H2,1-2H3. The lowest BCUT2D eigenvalue weighted by Crippen LogP contribution is -2.04. The Morgan fingerprint density at radius 1 is 1.06 bits per heavy atom. The third-order valence-electron chi connectivity index (χ3n) is 2.84. The van der Waals surface area contributed by atoms with E-state index >= 15 is 0 Å². The van der Waals surface area contributed by atoms with E-state index in [9.17, 15) is 8.42 Å². The van der Waals surface area contributed by atoms with E-state index in [1.807, 2.05) is 25.1 Å². The second-order valence-electron chi connectivity index (χ2n) is 4.56. The van der Waals surface area contributed by atoms with Gasteiger partial charge in [0, 0.05) is 0 Å². The Kier molecular flexibility index (Phi) is 6.13. The molecular weight excluding hydrogens is 244 g/mol. The zero-order chi connectivity index (χ0) is 13.4. The van der Waals surface area contributed by atoms with E-state index in [1.165, 1.54) is 12.8 Å². The van der Waals surface area contributed by atoms with Crippen molar-refractivity contribution in [1.82, 2.24) is 0 Å². The van der Waals surface area contributed by atoms with Crippen molar-refractivity contribution >= 4 is 9.84 Å². The molecule has 100 valence electrons. The number of benzene rings is 1. The molecule has 0 aliphatic rings. The zero-order valence-corrected chi connectivity index (χ0v) is 12.0. The minimum absolute atomic E-state index is 0.0994. The van der Waals surface area contributed by atoms with Crippen LogP contribution < -0.4 is 0 Å². The van der Waals surface area contributed by atoms with Crippen LogP contribution in [-0.4, -0.2) is 14.2 Å². The molecule has 1 aromatic rings. The average molecular weight is 266 g/mol. The molecule has 0 unspecified atom stereocenters.